The molecule has 0 saturated heterocycles. The molecule has 25 heavy (non-hydrogen) atoms. The van der Waals surface area contributed by atoms with Crippen LogP contribution in [0.1, 0.15) is 10.4 Å². The van der Waals surface area contributed by atoms with Crippen molar-refractivity contribution in [1.82, 2.24) is 14.7 Å². The van der Waals surface area contributed by atoms with Crippen molar-refractivity contribution in [1.29, 1.82) is 0 Å². The molecule has 3 rings (SSSR count). The Morgan fingerprint density at radius 1 is 1.20 bits per heavy atom. The van der Waals surface area contributed by atoms with Crippen molar-refractivity contribution in [2.45, 2.75) is 0 Å². The van der Waals surface area contributed by atoms with E-state index in [0.717, 1.165) is 0 Å². The van der Waals surface area contributed by atoms with Crippen LogP contribution < -0.4 is 10.6 Å². The van der Waals surface area contributed by atoms with Gasteiger partial charge in [-0.15, -0.1) is 0 Å². The summed E-state index contributed by atoms with van der Waals surface area (Å²) in [5, 5.41) is 17.4. The fourth-order valence-corrected chi connectivity index (χ4v) is 2.46. The molecule has 0 radical (unpaired) electrons. The smallest absolute Gasteiger partial charge is 0.361 e. The first kappa shape index (κ1) is 16.7. The highest BCUT2D eigenvalue weighted by Crippen LogP contribution is 2.24. The second kappa shape index (κ2) is 7.18. The number of halogens is 1. The Hall–Kier alpha value is -3.13. The number of rotatable bonds is 6. The molecule has 0 aliphatic carbocycles. The molecule has 2 heterocycles. The van der Waals surface area contributed by atoms with Gasteiger partial charge in [0, 0.05) is 29.7 Å². The largest absolute Gasteiger partial charge is 0.372 e. The van der Waals surface area contributed by atoms with E-state index >= 15 is 0 Å². The highest BCUT2D eigenvalue weighted by atomic mass is 35.5. The number of fused-ring (bicyclic) bond motifs is 1. The molecule has 0 fully saturated rings. The number of imidazole rings is 1. The Morgan fingerprint density at radius 2 is 1.96 bits per heavy atom. The van der Waals surface area contributed by atoms with E-state index in [9.17, 15) is 14.9 Å². The van der Waals surface area contributed by atoms with Crippen LogP contribution in [0.3, 0.4) is 0 Å². The first-order valence-electron chi connectivity index (χ1n) is 7.45. The third-order valence-electron chi connectivity index (χ3n) is 3.49. The molecular weight excluding hydrogens is 346 g/mol. The maximum Gasteiger partial charge on any atom is 0.372 e. The summed E-state index contributed by atoms with van der Waals surface area (Å²) in [6.45, 7) is 0.580. The number of carbonyl (C=O) groups is 1. The summed E-state index contributed by atoms with van der Waals surface area (Å²) in [6.07, 6.45) is 1.58. The number of nitrogens with zero attached hydrogens (tertiary/aromatic N) is 3. The van der Waals surface area contributed by atoms with Crippen molar-refractivity contribution < 1.29 is 9.72 Å². The molecular formula is C16H14ClN5O3. The minimum atomic E-state index is -0.491. The molecule has 0 unspecified atom stereocenters. The van der Waals surface area contributed by atoms with Gasteiger partial charge >= 0.3 is 5.82 Å². The minimum absolute atomic E-state index is 0.139. The van der Waals surface area contributed by atoms with Crippen molar-refractivity contribution in [3.05, 3.63) is 69.4 Å². The Bertz CT molecular complexity index is 923. The van der Waals surface area contributed by atoms with Gasteiger partial charge in [0.1, 0.15) is 0 Å². The lowest BCUT2D eigenvalue weighted by Gasteiger charge is -2.06. The van der Waals surface area contributed by atoms with Gasteiger partial charge in [0.2, 0.25) is 11.5 Å². The fourth-order valence-electron chi connectivity index (χ4n) is 2.34. The molecule has 0 bridgehead atoms. The Morgan fingerprint density at radius 3 is 2.68 bits per heavy atom. The van der Waals surface area contributed by atoms with Crippen LogP contribution in [0, 0.1) is 10.1 Å². The van der Waals surface area contributed by atoms with E-state index in [4.69, 9.17) is 11.6 Å². The number of pyridine rings is 1. The van der Waals surface area contributed by atoms with Crippen LogP contribution in [0.25, 0.3) is 5.65 Å². The molecule has 1 amide bonds. The highest BCUT2D eigenvalue weighted by Gasteiger charge is 2.21. The standard InChI is InChI=1S/C16H14ClN5O3/c17-12-6-4-11(5-7-12)15(23)19-9-8-18-14-16(22(24)25)21-10-2-1-3-13(21)20-14/h1-7,10,18H,8-9H2,(H,19,23). The van der Waals surface area contributed by atoms with Crippen molar-refractivity contribution in [2.24, 2.45) is 0 Å². The monoisotopic (exact) mass is 359 g/mol. The van der Waals surface area contributed by atoms with Crippen LogP contribution in [0.4, 0.5) is 11.6 Å². The molecule has 2 N–H and O–H groups in total. The third kappa shape index (κ3) is 3.69. The molecule has 3 aromatic rings. The molecule has 128 valence electrons. The van der Waals surface area contributed by atoms with Crippen molar-refractivity contribution in [3.63, 3.8) is 0 Å². The average molecular weight is 360 g/mol. The van der Waals surface area contributed by atoms with Gasteiger partial charge in [0.25, 0.3) is 5.91 Å². The Kier molecular flexibility index (Phi) is 4.80. The lowest BCUT2D eigenvalue weighted by Crippen LogP contribution is -2.28. The molecule has 0 aliphatic rings. The number of hydrogen-bond donors (Lipinski definition) is 2. The number of carbonyl (C=O) groups excluding carboxylic acids is 1. The summed E-state index contributed by atoms with van der Waals surface area (Å²) < 4.78 is 1.40. The summed E-state index contributed by atoms with van der Waals surface area (Å²) in [5.74, 6) is -0.223. The van der Waals surface area contributed by atoms with Gasteiger partial charge in [-0.2, -0.15) is 9.38 Å². The number of nitrogens with one attached hydrogen (secondary N) is 2. The van der Waals surface area contributed by atoms with Crippen molar-refractivity contribution >= 4 is 34.8 Å². The van der Waals surface area contributed by atoms with Gasteiger partial charge in [-0.25, -0.2) is 0 Å². The number of aromatic nitrogens is 2. The maximum atomic E-state index is 12.0. The minimum Gasteiger partial charge on any atom is -0.361 e. The summed E-state index contributed by atoms with van der Waals surface area (Å²) in [7, 11) is 0. The van der Waals surface area contributed by atoms with Gasteiger partial charge in [0.15, 0.2) is 0 Å². The molecule has 0 atom stereocenters. The number of nitro groups is 1. The quantitative estimate of drug-likeness (QED) is 0.400. The van der Waals surface area contributed by atoms with Crippen LogP contribution >= 0.6 is 11.6 Å². The van der Waals surface area contributed by atoms with E-state index in [2.05, 4.69) is 15.6 Å². The molecule has 0 saturated carbocycles. The van der Waals surface area contributed by atoms with E-state index in [1.807, 2.05) is 0 Å². The van der Waals surface area contributed by atoms with Crippen molar-refractivity contribution in [3.8, 4) is 0 Å². The third-order valence-corrected chi connectivity index (χ3v) is 3.74. The van der Waals surface area contributed by atoms with Gasteiger partial charge in [-0.1, -0.05) is 17.7 Å². The van der Waals surface area contributed by atoms with Crippen molar-refractivity contribution in [2.75, 3.05) is 18.4 Å². The molecule has 0 aliphatic heterocycles. The number of benzene rings is 1. The number of amides is 1. The van der Waals surface area contributed by atoms with Gasteiger partial charge in [-0.3, -0.25) is 4.79 Å². The molecule has 8 nitrogen and oxygen atoms in total. The first-order valence-corrected chi connectivity index (χ1v) is 7.83. The second-order valence-electron chi connectivity index (χ2n) is 5.16. The second-order valence-corrected chi connectivity index (χ2v) is 5.60. The molecule has 1 aromatic carbocycles. The highest BCUT2D eigenvalue weighted by molar-refractivity contribution is 6.30. The molecule has 0 spiro atoms. The fraction of sp³-hybridized carbons (Fsp3) is 0.125. The van der Waals surface area contributed by atoms with Crippen LogP contribution in [0.15, 0.2) is 48.7 Å². The van der Waals surface area contributed by atoms with Gasteiger partial charge < -0.3 is 20.7 Å². The molecule has 2 aromatic heterocycles. The number of anilines is 1. The summed E-state index contributed by atoms with van der Waals surface area (Å²) >= 11 is 5.78. The van der Waals surface area contributed by atoms with E-state index in [-0.39, 0.29) is 24.1 Å². The normalized spacial score (nSPS) is 10.6. The first-order chi connectivity index (χ1) is 12.1. The average Bonchev–Trinajstić information content (AvgIpc) is 2.97. The summed E-state index contributed by atoms with van der Waals surface area (Å²) in [5.41, 5.74) is 0.963. The predicted octanol–water partition coefficient (Wildman–Crippen LogP) is 2.74. The maximum absolute atomic E-state index is 12.0. The zero-order valence-corrected chi connectivity index (χ0v) is 13.7. The lowest BCUT2D eigenvalue weighted by atomic mass is 10.2. The topological polar surface area (TPSA) is 102 Å². The number of hydrogen-bond acceptors (Lipinski definition) is 5. The van der Waals surface area contributed by atoms with Crippen LogP contribution in [-0.2, 0) is 0 Å². The zero-order valence-electron chi connectivity index (χ0n) is 13.0. The predicted molar refractivity (Wildman–Crippen MR) is 94.1 cm³/mol. The van der Waals surface area contributed by atoms with E-state index in [1.54, 1.807) is 48.7 Å². The van der Waals surface area contributed by atoms with Crippen LogP contribution in [0.5, 0.6) is 0 Å². The Labute approximate surface area is 147 Å². The van der Waals surface area contributed by atoms with E-state index in [1.165, 1.54) is 4.40 Å². The summed E-state index contributed by atoms with van der Waals surface area (Å²) in [6, 6.07) is 11.6. The van der Waals surface area contributed by atoms with Crippen LogP contribution in [-0.4, -0.2) is 33.3 Å². The Balaban J connectivity index is 1.61. The van der Waals surface area contributed by atoms with E-state index in [0.29, 0.717) is 22.8 Å². The van der Waals surface area contributed by atoms with Crippen LogP contribution in [0.2, 0.25) is 5.02 Å². The van der Waals surface area contributed by atoms with Gasteiger partial charge in [-0.05, 0) is 35.3 Å². The SMILES string of the molecule is O=C(NCCNc1nc2ccccn2c1[N+](=O)[O-])c1ccc(Cl)cc1. The summed E-state index contributed by atoms with van der Waals surface area (Å²) in [4.78, 5) is 27.0. The van der Waals surface area contributed by atoms with E-state index < -0.39 is 4.92 Å². The molecule has 9 heteroatoms. The zero-order chi connectivity index (χ0) is 17.8. The van der Waals surface area contributed by atoms with Gasteiger partial charge in [0.05, 0.1) is 6.20 Å². The lowest BCUT2D eigenvalue weighted by molar-refractivity contribution is -0.389.